The SMILES string of the molecule is C/C=C\C=C(/C)CCN1CCCCC12CCc1ccccc1C2=O. The molecule has 0 N–H and O–H groups in total. The average Bonchev–Trinajstić information content (AvgIpc) is 2.62. The van der Waals surface area contributed by atoms with Gasteiger partial charge in [0.25, 0.3) is 0 Å². The maximum Gasteiger partial charge on any atom is 0.183 e. The van der Waals surface area contributed by atoms with Gasteiger partial charge in [-0.05, 0) is 64.5 Å². The maximum atomic E-state index is 13.4. The second-order valence-corrected chi connectivity index (χ2v) is 7.25. The molecule has 2 aliphatic rings. The Kier molecular flexibility index (Phi) is 5.35. The molecule has 0 radical (unpaired) electrons. The molecule has 1 aliphatic carbocycles. The fraction of sp³-hybridized carbons (Fsp3) is 0.500. The number of carbonyl (C=O) groups is 1. The Morgan fingerprint density at radius 1 is 1.25 bits per heavy atom. The Labute approximate surface area is 146 Å². The van der Waals surface area contributed by atoms with E-state index in [1.165, 1.54) is 24.0 Å². The number of aryl methyl sites for hydroxylation is 1. The second-order valence-electron chi connectivity index (χ2n) is 7.25. The van der Waals surface area contributed by atoms with Crippen LogP contribution in [0.5, 0.6) is 0 Å². The number of hydrogen-bond acceptors (Lipinski definition) is 2. The van der Waals surface area contributed by atoms with Crippen molar-refractivity contribution in [2.24, 2.45) is 0 Å². The van der Waals surface area contributed by atoms with E-state index in [-0.39, 0.29) is 5.54 Å². The monoisotopic (exact) mass is 323 g/mol. The van der Waals surface area contributed by atoms with E-state index in [2.05, 4.69) is 42.2 Å². The molecule has 1 atom stereocenters. The van der Waals surface area contributed by atoms with Gasteiger partial charge in [-0.2, -0.15) is 0 Å². The molecule has 1 fully saturated rings. The van der Waals surface area contributed by atoms with E-state index in [1.54, 1.807) is 0 Å². The minimum atomic E-state index is -0.243. The third-order valence-electron chi connectivity index (χ3n) is 5.72. The molecule has 2 nitrogen and oxygen atoms in total. The number of piperidine rings is 1. The number of ketones is 1. The Bertz CT molecular complexity index is 658. The standard InChI is InChI=1S/C22H29NO/c1-3-4-9-18(2)13-17-23-16-8-7-14-22(23)15-12-19-10-5-6-11-20(19)21(22)24/h3-6,9-11H,7-8,12-17H2,1-2H3/b4-3-,18-9+. The first-order chi connectivity index (χ1) is 11.7. The van der Waals surface area contributed by atoms with E-state index < -0.39 is 0 Å². The van der Waals surface area contributed by atoms with Gasteiger partial charge in [0, 0.05) is 12.1 Å². The smallest absolute Gasteiger partial charge is 0.183 e. The van der Waals surface area contributed by atoms with Crippen LogP contribution in [-0.2, 0) is 6.42 Å². The number of likely N-dealkylation sites (tertiary alicyclic amines) is 1. The predicted octanol–water partition coefficient (Wildman–Crippen LogP) is 4.95. The van der Waals surface area contributed by atoms with Gasteiger partial charge in [-0.15, -0.1) is 0 Å². The molecule has 0 aromatic heterocycles. The van der Waals surface area contributed by atoms with Crippen molar-refractivity contribution in [1.29, 1.82) is 0 Å². The molecule has 3 rings (SSSR count). The Hall–Kier alpha value is -1.67. The highest BCUT2D eigenvalue weighted by molar-refractivity contribution is 6.05. The lowest BCUT2D eigenvalue weighted by molar-refractivity contribution is 0.0298. The summed E-state index contributed by atoms with van der Waals surface area (Å²) in [5.41, 5.74) is 3.35. The molecule has 0 amide bonds. The number of allylic oxidation sites excluding steroid dienone is 3. The number of rotatable bonds is 4. The van der Waals surface area contributed by atoms with Crippen molar-refractivity contribution in [2.45, 2.75) is 57.9 Å². The molecule has 1 aromatic rings. The van der Waals surface area contributed by atoms with Gasteiger partial charge in [-0.3, -0.25) is 9.69 Å². The van der Waals surface area contributed by atoms with Crippen LogP contribution in [0.4, 0.5) is 0 Å². The highest BCUT2D eigenvalue weighted by Gasteiger charge is 2.47. The van der Waals surface area contributed by atoms with Crippen molar-refractivity contribution in [3.8, 4) is 0 Å². The lowest BCUT2D eigenvalue weighted by Gasteiger charge is -2.48. The fourth-order valence-corrected chi connectivity index (χ4v) is 4.28. The van der Waals surface area contributed by atoms with E-state index in [1.807, 2.05) is 19.1 Å². The number of Topliss-reactive ketones (excluding diaryl/α,β-unsaturated/α-hetero) is 1. The lowest BCUT2D eigenvalue weighted by Crippen LogP contribution is -2.59. The molecule has 1 aliphatic heterocycles. The lowest BCUT2D eigenvalue weighted by atomic mass is 9.71. The molecule has 2 heteroatoms. The van der Waals surface area contributed by atoms with E-state index in [0.29, 0.717) is 5.78 Å². The third-order valence-corrected chi connectivity index (χ3v) is 5.72. The van der Waals surface area contributed by atoms with Crippen LogP contribution in [-0.4, -0.2) is 29.3 Å². The molecule has 128 valence electrons. The third kappa shape index (κ3) is 3.25. The molecule has 1 saturated heterocycles. The zero-order valence-electron chi connectivity index (χ0n) is 15.1. The summed E-state index contributed by atoms with van der Waals surface area (Å²) in [5, 5.41) is 0. The number of nitrogens with zero attached hydrogens (tertiary/aromatic N) is 1. The molecule has 1 aromatic carbocycles. The molecular weight excluding hydrogens is 294 g/mol. The molecule has 1 heterocycles. The Balaban J connectivity index is 1.81. The summed E-state index contributed by atoms with van der Waals surface area (Å²) in [7, 11) is 0. The molecule has 1 unspecified atom stereocenters. The quantitative estimate of drug-likeness (QED) is 0.731. The van der Waals surface area contributed by atoms with Crippen molar-refractivity contribution >= 4 is 5.78 Å². The fourth-order valence-electron chi connectivity index (χ4n) is 4.28. The molecule has 1 spiro atoms. The van der Waals surface area contributed by atoms with E-state index in [9.17, 15) is 4.79 Å². The van der Waals surface area contributed by atoms with E-state index in [4.69, 9.17) is 0 Å². The summed E-state index contributed by atoms with van der Waals surface area (Å²) >= 11 is 0. The number of hydrogen-bond donors (Lipinski definition) is 0. The molecule has 0 saturated carbocycles. The minimum absolute atomic E-state index is 0.243. The van der Waals surface area contributed by atoms with Gasteiger partial charge in [0.15, 0.2) is 5.78 Å². The number of fused-ring (bicyclic) bond motifs is 1. The van der Waals surface area contributed by atoms with Gasteiger partial charge in [0.2, 0.25) is 0 Å². The van der Waals surface area contributed by atoms with Crippen molar-refractivity contribution in [3.63, 3.8) is 0 Å². The van der Waals surface area contributed by atoms with Crippen LogP contribution in [0.25, 0.3) is 0 Å². The maximum absolute atomic E-state index is 13.4. The first kappa shape index (κ1) is 17.2. The second kappa shape index (κ2) is 7.48. The van der Waals surface area contributed by atoms with Crippen LogP contribution in [0.3, 0.4) is 0 Å². The van der Waals surface area contributed by atoms with Gasteiger partial charge in [0.05, 0.1) is 5.54 Å². The van der Waals surface area contributed by atoms with Crippen LogP contribution in [0.1, 0.15) is 61.9 Å². The summed E-state index contributed by atoms with van der Waals surface area (Å²) in [5.74, 6) is 0.374. The summed E-state index contributed by atoms with van der Waals surface area (Å²) in [4.78, 5) is 15.9. The largest absolute Gasteiger partial charge is 0.292 e. The van der Waals surface area contributed by atoms with Crippen molar-refractivity contribution in [1.82, 2.24) is 4.90 Å². The van der Waals surface area contributed by atoms with E-state index in [0.717, 1.165) is 44.3 Å². The van der Waals surface area contributed by atoms with Crippen molar-refractivity contribution in [3.05, 3.63) is 59.2 Å². The topological polar surface area (TPSA) is 20.3 Å². The molecular formula is C22H29NO. The van der Waals surface area contributed by atoms with Crippen LogP contribution in [0.15, 0.2) is 48.1 Å². The van der Waals surface area contributed by atoms with Gasteiger partial charge < -0.3 is 0 Å². The van der Waals surface area contributed by atoms with Crippen molar-refractivity contribution < 1.29 is 4.79 Å². The normalized spacial score (nSPS) is 25.4. The number of carbonyl (C=O) groups excluding carboxylic acids is 1. The van der Waals surface area contributed by atoms with Crippen molar-refractivity contribution in [2.75, 3.05) is 13.1 Å². The minimum Gasteiger partial charge on any atom is -0.292 e. The zero-order valence-corrected chi connectivity index (χ0v) is 15.1. The van der Waals surface area contributed by atoms with Gasteiger partial charge >= 0.3 is 0 Å². The van der Waals surface area contributed by atoms with Gasteiger partial charge in [-0.25, -0.2) is 0 Å². The highest BCUT2D eigenvalue weighted by atomic mass is 16.1. The predicted molar refractivity (Wildman–Crippen MR) is 100 cm³/mol. The van der Waals surface area contributed by atoms with Gasteiger partial charge in [0.1, 0.15) is 0 Å². The van der Waals surface area contributed by atoms with Crippen LogP contribution in [0, 0.1) is 0 Å². The van der Waals surface area contributed by atoms with Crippen LogP contribution >= 0.6 is 0 Å². The summed E-state index contributed by atoms with van der Waals surface area (Å²) < 4.78 is 0. The number of benzene rings is 1. The molecule has 0 bridgehead atoms. The summed E-state index contributed by atoms with van der Waals surface area (Å²) in [6.07, 6.45) is 12.8. The van der Waals surface area contributed by atoms with E-state index >= 15 is 0 Å². The summed E-state index contributed by atoms with van der Waals surface area (Å²) in [6.45, 7) is 6.29. The Morgan fingerprint density at radius 2 is 2.08 bits per heavy atom. The summed E-state index contributed by atoms with van der Waals surface area (Å²) in [6, 6.07) is 8.21. The van der Waals surface area contributed by atoms with Gasteiger partial charge in [-0.1, -0.05) is 48.1 Å². The van der Waals surface area contributed by atoms with Crippen LogP contribution in [0.2, 0.25) is 0 Å². The first-order valence-corrected chi connectivity index (χ1v) is 9.33. The van der Waals surface area contributed by atoms with Crippen LogP contribution < -0.4 is 0 Å². The average molecular weight is 323 g/mol. The first-order valence-electron chi connectivity index (χ1n) is 9.33. The zero-order chi connectivity index (χ0) is 17.0. The molecule has 24 heavy (non-hydrogen) atoms. The highest BCUT2D eigenvalue weighted by Crippen LogP contribution is 2.40. The Morgan fingerprint density at radius 3 is 2.92 bits per heavy atom.